The van der Waals surface area contributed by atoms with Crippen LogP contribution >= 0.6 is 0 Å². The molecule has 5 heteroatoms. The van der Waals surface area contributed by atoms with E-state index in [4.69, 9.17) is 4.74 Å². The van der Waals surface area contributed by atoms with Gasteiger partial charge in [0.05, 0.1) is 24.3 Å². The fourth-order valence-electron chi connectivity index (χ4n) is 2.90. The molecule has 0 radical (unpaired) electrons. The van der Waals surface area contributed by atoms with Crippen molar-refractivity contribution in [3.05, 3.63) is 64.8 Å². The van der Waals surface area contributed by atoms with E-state index in [0.29, 0.717) is 5.56 Å². The minimum Gasteiger partial charge on any atom is -0.497 e. The van der Waals surface area contributed by atoms with Crippen molar-refractivity contribution in [3.63, 3.8) is 0 Å². The number of aromatic nitrogens is 1. The number of ether oxygens (including phenoxy) is 1. The number of carbonyl (C=O) groups excluding carboxylic acids is 1. The second-order valence-corrected chi connectivity index (χ2v) is 6.10. The van der Waals surface area contributed by atoms with Crippen molar-refractivity contribution < 1.29 is 14.6 Å². The van der Waals surface area contributed by atoms with Crippen LogP contribution < -0.4 is 10.1 Å². The summed E-state index contributed by atoms with van der Waals surface area (Å²) in [7, 11) is 1.59. The number of aliphatic hydroxyl groups is 1. The molecular formula is C20H22N2O3. The number of carbonyl (C=O) groups is 1. The van der Waals surface area contributed by atoms with E-state index in [1.165, 1.54) is 0 Å². The van der Waals surface area contributed by atoms with Gasteiger partial charge in [-0.2, -0.15) is 0 Å². The third-order valence-corrected chi connectivity index (χ3v) is 4.54. The number of hydrogen-bond donors (Lipinski definition) is 3. The van der Waals surface area contributed by atoms with Crippen LogP contribution in [0.1, 0.15) is 33.3 Å². The molecule has 0 aliphatic rings. The molecule has 0 aliphatic carbocycles. The van der Waals surface area contributed by atoms with E-state index in [1.807, 2.05) is 26.0 Å². The zero-order valence-electron chi connectivity index (χ0n) is 14.6. The minimum atomic E-state index is -0.777. The molecule has 1 aromatic heterocycles. The lowest BCUT2D eigenvalue weighted by molar-refractivity contribution is 0.0917. The molecular weight excluding hydrogens is 316 g/mol. The first-order valence-electron chi connectivity index (χ1n) is 8.19. The number of aryl methyl sites for hydroxylation is 2. The Morgan fingerprint density at radius 1 is 1.20 bits per heavy atom. The van der Waals surface area contributed by atoms with Gasteiger partial charge in [-0.15, -0.1) is 0 Å². The van der Waals surface area contributed by atoms with E-state index in [9.17, 15) is 9.90 Å². The van der Waals surface area contributed by atoms with Gasteiger partial charge in [-0.05, 0) is 43.2 Å². The molecule has 1 heterocycles. The molecule has 1 unspecified atom stereocenters. The highest BCUT2D eigenvalue weighted by atomic mass is 16.5. The number of para-hydroxylation sites is 1. The highest BCUT2D eigenvalue weighted by Crippen LogP contribution is 2.24. The Hall–Kier alpha value is -2.79. The van der Waals surface area contributed by atoms with Crippen LogP contribution in [0.4, 0.5) is 0 Å². The van der Waals surface area contributed by atoms with Crippen LogP contribution in [-0.4, -0.2) is 29.7 Å². The summed E-state index contributed by atoms with van der Waals surface area (Å²) in [5, 5.41) is 14.1. The van der Waals surface area contributed by atoms with Gasteiger partial charge in [0, 0.05) is 17.6 Å². The lowest BCUT2D eigenvalue weighted by atomic mass is 10.1. The predicted octanol–water partition coefficient (Wildman–Crippen LogP) is 3.26. The molecule has 3 rings (SSSR count). The van der Waals surface area contributed by atoms with Gasteiger partial charge < -0.3 is 20.1 Å². The smallest absolute Gasteiger partial charge is 0.253 e. The van der Waals surface area contributed by atoms with Crippen LogP contribution in [0.3, 0.4) is 0 Å². The van der Waals surface area contributed by atoms with Crippen molar-refractivity contribution in [2.75, 3.05) is 13.7 Å². The normalized spacial score (nSPS) is 12.2. The lowest BCUT2D eigenvalue weighted by Crippen LogP contribution is -2.28. The van der Waals surface area contributed by atoms with E-state index in [0.717, 1.165) is 33.5 Å². The van der Waals surface area contributed by atoms with Gasteiger partial charge >= 0.3 is 0 Å². The number of fused-ring (bicyclic) bond motifs is 1. The van der Waals surface area contributed by atoms with E-state index < -0.39 is 6.10 Å². The number of aromatic amines is 1. The molecule has 25 heavy (non-hydrogen) atoms. The van der Waals surface area contributed by atoms with Crippen molar-refractivity contribution in [3.8, 4) is 5.75 Å². The first-order valence-corrected chi connectivity index (χ1v) is 8.19. The van der Waals surface area contributed by atoms with Crippen LogP contribution in [0, 0.1) is 13.8 Å². The molecule has 5 nitrogen and oxygen atoms in total. The Bertz CT molecular complexity index is 897. The summed E-state index contributed by atoms with van der Waals surface area (Å²) < 4.78 is 5.10. The SMILES string of the molecule is COc1ccc(C(O)CNC(=O)c2cccc3c(C)c(C)[nH]c23)cc1. The third-order valence-electron chi connectivity index (χ3n) is 4.54. The highest BCUT2D eigenvalue weighted by molar-refractivity contribution is 6.06. The molecule has 0 bridgehead atoms. The van der Waals surface area contributed by atoms with Crippen molar-refractivity contribution in [1.29, 1.82) is 0 Å². The molecule has 0 saturated carbocycles. The number of aliphatic hydroxyl groups excluding tert-OH is 1. The molecule has 0 spiro atoms. The summed E-state index contributed by atoms with van der Waals surface area (Å²) >= 11 is 0. The summed E-state index contributed by atoms with van der Waals surface area (Å²) in [6, 6.07) is 12.8. The maximum atomic E-state index is 12.6. The first-order chi connectivity index (χ1) is 12.0. The zero-order valence-corrected chi connectivity index (χ0v) is 14.6. The quantitative estimate of drug-likeness (QED) is 0.668. The minimum absolute atomic E-state index is 0.139. The van der Waals surface area contributed by atoms with Crippen molar-refractivity contribution in [2.45, 2.75) is 20.0 Å². The number of amides is 1. The Morgan fingerprint density at radius 3 is 2.60 bits per heavy atom. The van der Waals surface area contributed by atoms with Gasteiger partial charge in [-0.3, -0.25) is 4.79 Å². The topological polar surface area (TPSA) is 74.3 Å². The van der Waals surface area contributed by atoms with Crippen molar-refractivity contribution in [2.24, 2.45) is 0 Å². The van der Waals surface area contributed by atoms with Gasteiger partial charge in [0.15, 0.2) is 0 Å². The monoisotopic (exact) mass is 338 g/mol. The van der Waals surface area contributed by atoms with Crippen LogP contribution in [-0.2, 0) is 0 Å². The molecule has 2 aromatic carbocycles. The van der Waals surface area contributed by atoms with Gasteiger partial charge in [0.1, 0.15) is 5.75 Å². The van der Waals surface area contributed by atoms with Gasteiger partial charge in [0.25, 0.3) is 5.91 Å². The molecule has 1 amide bonds. The summed E-state index contributed by atoms with van der Waals surface area (Å²) in [5.41, 5.74) is 4.33. The number of hydrogen-bond acceptors (Lipinski definition) is 3. The van der Waals surface area contributed by atoms with Gasteiger partial charge in [-0.1, -0.05) is 24.3 Å². The molecule has 3 N–H and O–H groups in total. The average Bonchev–Trinajstić information content (AvgIpc) is 2.94. The van der Waals surface area contributed by atoms with E-state index in [1.54, 1.807) is 37.4 Å². The summed E-state index contributed by atoms with van der Waals surface area (Å²) in [4.78, 5) is 15.8. The number of nitrogens with one attached hydrogen (secondary N) is 2. The van der Waals surface area contributed by atoms with Crippen LogP contribution in [0.25, 0.3) is 10.9 Å². The molecule has 0 aliphatic heterocycles. The van der Waals surface area contributed by atoms with E-state index in [2.05, 4.69) is 10.3 Å². The standard InChI is InChI=1S/C20H22N2O3/c1-12-13(2)22-19-16(12)5-4-6-17(19)20(24)21-11-18(23)14-7-9-15(25-3)10-8-14/h4-10,18,22-23H,11H2,1-3H3,(H,21,24). The molecule has 0 saturated heterocycles. The second-order valence-electron chi connectivity index (χ2n) is 6.10. The summed E-state index contributed by atoms with van der Waals surface area (Å²) in [6.07, 6.45) is -0.777. The molecule has 130 valence electrons. The predicted molar refractivity (Wildman–Crippen MR) is 98.1 cm³/mol. The maximum absolute atomic E-state index is 12.6. The zero-order chi connectivity index (χ0) is 18.0. The van der Waals surface area contributed by atoms with E-state index in [-0.39, 0.29) is 12.5 Å². The van der Waals surface area contributed by atoms with Crippen molar-refractivity contribution in [1.82, 2.24) is 10.3 Å². The lowest BCUT2D eigenvalue weighted by Gasteiger charge is -2.13. The van der Waals surface area contributed by atoms with Crippen LogP contribution in [0.15, 0.2) is 42.5 Å². The highest BCUT2D eigenvalue weighted by Gasteiger charge is 2.15. The average molecular weight is 338 g/mol. The summed E-state index contributed by atoms with van der Waals surface area (Å²) in [5.74, 6) is 0.517. The molecule has 0 fully saturated rings. The number of benzene rings is 2. The number of methoxy groups -OCH3 is 1. The third kappa shape index (κ3) is 3.37. The molecule has 1 atom stereocenters. The van der Waals surface area contributed by atoms with Crippen molar-refractivity contribution >= 4 is 16.8 Å². The second kappa shape index (κ2) is 6.99. The Labute approximate surface area is 146 Å². The van der Waals surface area contributed by atoms with Crippen LogP contribution in [0.5, 0.6) is 5.75 Å². The Morgan fingerprint density at radius 2 is 1.92 bits per heavy atom. The fraction of sp³-hybridized carbons (Fsp3) is 0.250. The summed E-state index contributed by atoms with van der Waals surface area (Å²) in [6.45, 7) is 4.16. The first kappa shape index (κ1) is 17.0. The van der Waals surface area contributed by atoms with Gasteiger partial charge in [0.2, 0.25) is 0 Å². The maximum Gasteiger partial charge on any atom is 0.253 e. The van der Waals surface area contributed by atoms with Crippen LogP contribution in [0.2, 0.25) is 0 Å². The molecule has 3 aromatic rings. The Kier molecular flexibility index (Phi) is 4.76. The van der Waals surface area contributed by atoms with Gasteiger partial charge in [-0.25, -0.2) is 0 Å². The fourth-order valence-corrected chi connectivity index (χ4v) is 2.90. The Balaban J connectivity index is 1.73. The largest absolute Gasteiger partial charge is 0.497 e. The number of H-pyrrole nitrogens is 1. The van der Waals surface area contributed by atoms with E-state index >= 15 is 0 Å². The number of rotatable bonds is 5.